The fourth-order valence-corrected chi connectivity index (χ4v) is 2.31. The van der Waals surface area contributed by atoms with E-state index in [4.69, 9.17) is 5.73 Å². The number of anilines is 2. The van der Waals surface area contributed by atoms with Gasteiger partial charge in [-0.3, -0.25) is 10.1 Å². The molecule has 0 radical (unpaired) electrons. The Hall–Kier alpha value is -2.30. The first-order valence-corrected chi connectivity index (χ1v) is 6.84. The number of nitro groups is 1. The maximum Gasteiger partial charge on any atom is 0.279 e. The van der Waals surface area contributed by atoms with Crippen molar-refractivity contribution in [3.8, 4) is 0 Å². The van der Waals surface area contributed by atoms with Gasteiger partial charge in [-0.15, -0.1) is 0 Å². The molecule has 2 aromatic rings. The number of rotatable bonds is 6. The van der Waals surface area contributed by atoms with Crippen LogP contribution in [-0.2, 0) is 0 Å². The molecule has 0 atom stereocenters. The van der Waals surface area contributed by atoms with E-state index in [1.54, 1.807) is 12.1 Å². The summed E-state index contributed by atoms with van der Waals surface area (Å²) in [7, 11) is 0. The van der Waals surface area contributed by atoms with Gasteiger partial charge >= 0.3 is 0 Å². The molecule has 5 nitrogen and oxygen atoms in total. The average Bonchev–Trinajstić information content (AvgIpc) is 2.44. The summed E-state index contributed by atoms with van der Waals surface area (Å²) >= 11 is 0. The number of fused-ring (bicyclic) bond motifs is 1. The molecule has 0 saturated carbocycles. The van der Waals surface area contributed by atoms with Gasteiger partial charge in [0, 0.05) is 18.0 Å². The number of nitrogens with zero attached hydrogens (tertiary/aromatic N) is 1. The van der Waals surface area contributed by atoms with Crippen LogP contribution in [0.3, 0.4) is 0 Å². The van der Waals surface area contributed by atoms with Gasteiger partial charge in [0.2, 0.25) is 0 Å². The average molecular weight is 273 g/mol. The lowest BCUT2D eigenvalue weighted by Gasteiger charge is -2.13. The zero-order valence-electron chi connectivity index (χ0n) is 11.6. The predicted molar refractivity (Wildman–Crippen MR) is 83.0 cm³/mol. The molecule has 0 aliphatic rings. The molecule has 0 unspecified atom stereocenters. The highest BCUT2D eigenvalue weighted by Crippen LogP contribution is 2.36. The van der Waals surface area contributed by atoms with Gasteiger partial charge < -0.3 is 11.1 Å². The van der Waals surface area contributed by atoms with E-state index in [1.165, 1.54) is 6.07 Å². The summed E-state index contributed by atoms with van der Waals surface area (Å²) in [5, 5.41) is 15.8. The molecule has 0 aliphatic carbocycles. The molecule has 20 heavy (non-hydrogen) atoms. The number of nitrogens with two attached hydrogens (primary N) is 1. The second-order valence-corrected chi connectivity index (χ2v) is 4.80. The molecule has 0 saturated heterocycles. The molecule has 0 heterocycles. The molecule has 0 fully saturated rings. The third-order valence-electron chi connectivity index (χ3n) is 3.33. The number of nitro benzene ring substituents is 1. The highest BCUT2D eigenvalue weighted by molar-refractivity contribution is 6.04. The molecule has 3 N–H and O–H groups in total. The van der Waals surface area contributed by atoms with Gasteiger partial charge in [0.25, 0.3) is 5.69 Å². The van der Waals surface area contributed by atoms with Gasteiger partial charge in [-0.05, 0) is 12.5 Å². The van der Waals surface area contributed by atoms with Crippen molar-refractivity contribution in [1.82, 2.24) is 0 Å². The zero-order chi connectivity index (χ0) is 14.5. The van der Waals surface area contributed by atoms with E-state index >= 15 is 0 Å². The minimum absolute atomic E-state index is 0.0530. The maximum atomic E-state index is 11.1. The van der Waals surface area contributed by atoms with Crippen molar-refractivity contribution in [1.29, 1.82) is 0 Å². The van der Waals surface area contributed by atoms with Crippen molar-refractivity contribution >= 4 is 27.8 Å². The van der Waals surface area contributed by atoms with Crippen LogP contribution in [0.4, 0.5) is 17.1 Å². The zero-order valence-corrected chi connectivity index (χ0v) is 11.6. The third-order valence-corrected chi connectivity index (χ3v) is 3.33. The summed E-state index contributed by atoms with van der Waals surface area (Å²) in [6, 6.07) is 8.71. The number of hydrogen-bond acceptors (Lipinski definition) is 4. The van der Waals surface area contributed by atoms with E-state index in [2.05, 4.69) is 12.2 Å². The molecule has 2 aromatic carbocycles. The van der Waals surface area contributed by atoms with Gasteiger partial charge in [0.15, 0.2) is 0 Å². The molecular formula is C15H19N3O2. The number of benzene rings is 2. The minimum atomic E-state index is -0.389. The van der Waals surface area contributed by atoms with Crippen molar-refractivity contribution in [2.24, 2.45) is 0 Å². The fraction of sp³-hybridized carbons (Fsp3) is 0.333. The van der Waals surface area contributed by atoms with Crippen LogP contribution in [-0.4, -0.2) is 11.5 Å². The van der Waals surface area contributed by atoms with E-state index < -0.39 is 0 Å². The summed E-state index contributed by atoms with van der Waals surface area (Å²) in [6.45, 7) is 2.97. The van der Waals surface area contributed by atoms with Crippen LogP contribution >= 0.6 is 0 Å². The molecule has 0 bridgehead atoms. The third kappa shape index (κ3) is 2.82. The van der Waals surface area contributed by atoms with E-state index in [0.29, 0.717) is 11.1 Å². The summed E-state index contributed by atoms with van der Waals surface area (Å²) in [5.74, 6) is 0. The molecule has 0 amide bonds. The molecule has 0 aliphatic heterocycles. The second-order valence-electron chi connectivity index (χ2n) is 4.80. The molecule has 2 rings (SSSR count). The summed E-state index contributed by atoms with van der Waals surface area (Å²) in [4.78, 5) is 10.7. The monoisotopic (exact) mass is 273 g/mol. The SMILES string of the molecule is CCCCCNc1c(N)cc([N+](=O)[O-])c2ccccc12. The molecule has 0 spiro atoms. The lowest BCUT2D eigenvalue weighted by Crippen LogP contribution is -2.06. The van der Waals surface area contributed by atoms with Crippen LogP contribution < -0.4 is 11.1 Å². The highest BCUT2D eigenvalue weighted by Gasteiger charge is 2.16. The quantitative estimate of drug-likeness (QED) is 0.361. The van der Waals surface area contributed by atoms with E-state index in [9.17, 15) is 10.1 Å². The standard InChI is InChI=1S/C15H19N3O2/c1-2-3-6-9-17-15-12-8-5-4-7-11(12)14(18(19)20)10-13(15)16/h4-5,7-8,10,17H,2-3,6,9,16H2,1H3. The fourth-order valence-electron chi connectivity index (χ4n) is 2.31. The summed E-state index contributed by atoms with van der Waals surface area (Å²) in [5.41, 5.74) is 7.24. The summed E-state index contributed by atoms with van der Waals surface area (Å²) in [6.07, 6.45) is 3.36. The van der Waals surface area contributed by atoms with Crippen molar-refractivity contribution in [2.75, 3.05) is 17.6 Å². The Morgan fingerprint density at radius 3 is 2.60 bits per heavy atom. The largest absolute Gasteiger partial charge is 0.397 e. The number of nitrogens with one attached hydrogen (secondary N) is 1. The van der Waals surface area contributed by atoms with Gasteiger partial charge in [-0.1, -0.05) is 38.0 Å². The lowest BCUT2D eigenvalue weighted by atomic mass is 10.0. The Morgan fingerprint density at radius 1 is 1.25 bits per heavy atom. The number of nitrogen functional groups attached to an aromatic ring is 1. The van der Waals surface area contributed by atoms with Crippen LogP contribution in [0.5, 0.6) is 0 Å². The Bertz CT molecular complexity index is 626. The topological polar surface area (TPSA) is 81.2 Å². The first-order valence-electron chi connectivity index (χ1n) is 6.84. The van der Waals surface area contributed by atoms with Crippen LogP contribution in [0, 0.1) is 10.1 Å². The minimum Gasteiger partial charge on any atom is -0.397 e. The number of hydrogen-bond donors (Lipinski definition) is 2. The van der Waals surface area contributed by atoms with Crippen LogP contribution in [0.25, 0.3) is 10.8 Å². The normalized spacial score (nSPS) is 10.7. The van der Waals surface area contributed by atoms with Gasteiger partial charge in [-0.2, -0.15) is 0 Å². The van der Waals surface area contributed by atoms with Crippen molar-refractivity contribution in [2.45, 2.75) is 26.2 Å². The number of non-ortho nitro benzene ring substituents is 1. The van der Waals surface area contributed by atoms with Crippen LogP contribution in [0.1, 0.15) is 26.2 Å². The first-order chi connectivity index (χ1) is 9.65. The van der Waals surface area contributed by atoms with Crippen LogP contribution in [0.15, 0.2) is 30.3 Å². The predicted octanol–water partition coefficient (Wildman–Crippen LogP) is 3.93. The van der Waals surface area contributed by atoms with Crippen molar-refractivity contribution < 1.29 is 4.92 Å². The van der Waals surface area contributed by atoms with Gasteiger partial charge in [0.05, 0.1) is 21.7 Å². The molecule has 106 valence electrons. The highest BCUT2D eigenvalue weighted by atomic mass is 16.6. The van der Waals surface area contributed by atoms with E-state index in [0.717, 1.165) is 36.9 Å². The van der Waals surface area contributed by atoms with E-state index in [1.807, 2.05) is 12.1 Å². The van der Waals surface area contributed by atoms with Gasteiger partial charge in [-0.25, -0.2) is 0 Å². The first kappa shape index (κ1) is 14.1. The van der Waals surface area contributed by atoms with Crippen molar-refractivity contribution in [3.63, 3.8) is 0 Å². The van der Waals surface area contributed by atoms with Crippen LogP contribution in [0.2, 0.25) is 0 Å². The van der Waals surface area contributed by atoms with Gasteiger partial charge in [0.1, 0.15) is 0 Å². The Labute approximate surface area is 117 Å². The Kier molecular flexibility index (Phi) is 4.40. The lowest BCUT2D eigenvalue weighted by molar-refractivity contribution is -0.383. The Balaban J connectivity index is 2.42. The van der Waals surface area contributed by atoms with Crippen molar-refractivity contribution in [3.05, 3.63) is 40.4 Å². The Morgan fingerprint density at radius 2 is 1.95 bits per heavy atom. The molecular weight excluding hydrogens is 254 g/mol. The molecule has 5 heteroatoms. The summed E-state index contributed by atoms with van der Waals surface area (Å²) < 4.78 is 0. The smallest absolute Gasteiger partial charge is 0.279 e. The number of unbranched alkanes of at least 4 members (excludes halogenated alkanes) is 2. The second kappa shape index (κ2) is 6.23. The maximum absolute atomic E-state index is 11.1. The molecule has 0 aromatic heterocycles. The van der Waals surface area contributed by atoms with E-state index in [-0.39, 0.29) is 10.6 Å².